The van der Waals surface area contributed by atoms with Gasteiger partial charge in [-0.2, -0.15) is 5.10 Å². The standard InChI is InChI=1S/C26H29N5O4S/c1-4-35-26-20(14-15-21(27-26)36(33,34)19-12-10-16(2)11-13-19)24-28-22-17(3)30-31(23(22)25(32)29-24)18-8-6-5-7-9-18/h10-15,18H,4-9H2,1-3H3,(H,28,29,32). The number of nitrogens with zero attached hydrogens (tertiary/aromatic N) is 4. The van der Waals surface area contributed by atoms with Gasteiger partial charge in [0.15, 0.2) is 10.5 Å². The summed E-state index contributed by atoms with van der Waals surface area (Å²) in [5.74, 6) is 0.347. The molecule has 1 aliphatic carbocycles. The van der Waals surface area contributed by atoms with Crippen molar-refractivity contribution in [3.05, 3.63) is 58.0 Å². The van der Waals surface area contributed by atoms with Crippen LogP contribution in [0.2, 0.25) is 0 Å². The van der Waals surface area contributed by atoms with Gasteiger partial charge in [-0.05, 0) is 57.9 Å². The first kappa shape index (κ1) is 24.2. The number of nitrogens with one attached hydrogen (secondary N) is 1. The minimum absolute atomic E-state index is 0.0884. The molecule has 1 fully saturated rings. The number of benzene rings is 1. The highest BCUT2D eigenvalue weighted by atomic mass is 32.2. The summed E-state index contributed by atoms with van der Waals surface area (Å²) in [4.78, 5) is 25.3. The molecule has 4 aromatic rings. The molecule has 0 unspecified atom stereocenters. The average molecular weight is 508 g/mol. The summed E-state index contributed by atoms with van der Waals surface area (Å²) in [5, 5.41) is 4.53. The molecule has 1 aromatic carbocycles. The number of aryl methyl sites for hydroxylation is 2. The van der Waals surface area contributed by atoms with Gasteiger partial charge in [-0.25, -0.2) is 18.4 Å². The van der Waals surface area contributed by atoms with Crippen LogP contribution in [0.25, 0.3) is 22.4 Å². The van der Waals surface area contributed by atoms with E-state index in [2.05, 4.69) is 15.1 Å². The van der Waals surface area contributed by atoms with E-state index in [9.17, 15) is 13.2 Å². The lowest BCUT2D eigenvalue weighted by Gasteiger charge is -2.22. The number of sulfone groups is 1. The van der Waals surface area contributed by atoms with Crippen molar-refractivity contribution in [1.82, 2.24) is 24.7 Å². The molecule has 9 nitrogen and oxygen atoms in total. The second kappa shape index (κ2) is 9.50. The second-order valence-corrected chi connectivity index (χ2v) is 11.1. The van der Waals surface area contributed by atoms with Gasteiger partial charge in [0.05, 0.1) is 28.8 Å². The largest absolute Gasteiger partial charge is 0.477 e. The van der Waals surface area contributed by atoms with E-state index >= 15 is 0 Å². The van der Waals surface area contributed by atoms with Crippen LogP contribution in [0.4, 0.5) is 0 Å². The van der Waals surface area contributed by atoms with Gasteiger partial charge in [-0.1, -0.05) is 37.0 Å². The van der Waals surface area contributed by atoms with Crippen molar-refractivity contribution >= 4 is 20.9 Å². The summed E-state index contributed by atoms with van der Waals surface area (Å²) in [6.07, 6.45) is 5.43. The van der Waals surface area contributed by atoms with Gasteiger partial charge in [0.1, 0.15) is 11.3 Å². The number of hydrogen-bond donors (Lipinski definition) is 1. The Morgan fingerprint density at radius 3 is 2.44 bits per heavy atom. The quantitative estimate of drug-likeness (QED) is 0.407. The topological polar surface area (TPSA) is 120 Å². The fraction of sp³-hybridized carbons (Fsp3) is 0.385. The Balaban J connectivity index is 1.60. The molecule has 0 aliphatic heterocycles. The SMILES string of the molecule is CCOc1nc(S(=O)(=O)c2ccc(C)cc2)ccc1-c1nc2c(C)nn(C3CCCCC3)c2c(=O)[nH]1. The third kappa shape index (κ3) is 4.30. The number of H-pyrrole nitrogens is 1. The maximum Gasteiger partial charge on any atom is 0.277 e. The van der Waals surface area contributed by atoms with Crippen LogP contribution >= 0.6 is 0 Å². The van der Waals surface area contributed by atoms with E-state index in [1.165, 1.54) is 12.5 Å². The maximum atomic E-state index is 13.2. The van der Waals surface area contributed by atoms with Gasteiger partial charge in [-0.3, -0.25) is 9.48 Å². The smallest absolute Gasteiger partial charge is 0.277 e. The Labute approximate surface area is 209 Å². The molecule has 5 rings (SSSR count). The molecule has 36 heavy (non-hydrogen) atoms. The van der Waals surface area contributed by atoms with Crippen molar-refractivity contribution in [2.45, 2.75) is 68.8 Å². The summed E-state index contributed by atoms with van der Waals surface area (Å²) in [7, 11) is -3.85. The first-order chi connectivity index (χ1) is 17.3. The van der Waals surface area contributed by atoms with Gasteiger partial charge in [-0.15, -0.1) is 0 Å². The average Bonchev–Trinajstić information content (AvgIpc) is 3.22. The molecule has 188 valence electrons. The first-order valence-electron chi connectivity index (χ1n) is 12.2. The lowest BCUT2D eigenvalue weighted by molar-refractivity contribution is 0.325. The van der Waals surface area contributed by atoms with Gasteiger partial charge >= 0.3 is 0 Å². The lowest BCUT2D eigenvalue weighted by Crippen LogP contribution is -2.19. The number of ether oxygens (including phenoxy) is 1. The van der Waals surface area contributed by atoms with E-state index < -0.39 is 9.84 Å². The number of pyridine rings is 1. The Hall–Kier alpha value is -3.53. The summed E-state index contributed by atoms with van der Waals surface area (Å²) in [6.45, 7) is 5.78. The molecule has 0 bridgehead atoms. The highest BCUT2D eigenvalue weighted by molar-refractivity contribution is 7.91. The fourth-order valence-corrected chi connectivity index (χ4v) is 5.93. The zero-order valence-electron chi connectivity index (χ0n) is 20.6. The molecule has 1 saturated carbocycles. The van der Waals surface area contributed by atoms with Crippen LogP contribution in [-0.2, 0) is 9.84 Å². The van der Waals surface area contributed by atoms with Crippen LogP contribution in [0.1, 0.15) is 56.3 Å². The maximum absolute atomic E-state index is 13.2. The van der Waals surface area contributed by atoms with Gasteiger partial charge in [0, 0.05) is 0 Å². The molecule has 3 aromatic heterocycles. The van der Waals surface area contributed by atoms with Crippen LogP contribution < -0.4 is 10.3 Å². The Kier molecular flexibility index (Phi) is 6.38. The predicted octanol–water partition coefficient (Wildman–Crippen LogP) is 4.54. The van der Waals surface area contributed by atoms with Crippen molar-refractivity contribution in [3.63, 3.8) is 0 Å². The minimum Gasteiger partial charge on any atom is -0.477 e. The van der Waals surface area contributed by atoms with Crippen LogP contribution in [0.3, 0.4) is 0 Å². The molecule has 1 aliphatic rings. The summed E-state index contributed by atoms with van der Waals surface area (Å²) >= 11 is 0. The molecule has 0 amide bonds. The van der Waals surface area contributed by atoms with E-state index in [0.717, 1.165) is 31.2 Å². The Morgan fingerprint density at radius 1 is 1.03 bits per heavy atom. The number of hydrogen-bond acceptors (Lipinski definition) is 7. The number of fused-ring (bicyclic) bond motifs is 1. The number of aromatic nitrogens is 5. The second-order valence-electron chi connectivity index (χ2n) is 9.19. The molecule has 10 heteroatoms. The molecule has 0 saturated heterocycles. The van der Waals surface area contributed by atoms with E-state index in [1.807, 2.05) is 18.5 Å². The molecule has 0 radical (unpaired) electrons. The van der Waals surface area contributed by atoms with Crippen molar-refractivity contribution < 1.29 is 13.2 Å². The molecule has 3 heterocycles. The highest BCUT2D eigenvalue weighted by Gasteiger charge is 2.25. The van der Waals surface area contributed by atoms with E-state index in [1.54, 1.807) is 37.3 Å². The minimum atomic E-state index is -3.85. The van der Waals surface area contributed by atoms with Crippen molar-refractivity contribution in [2.24, 2.45) is 0 Å². The zero-order valence-corrected chi connectivity index (χ0v) is 21.4. The third-order valence-electron chi connectivity index (χ3n) is 6.62. The summed E-state index contributed by atoms with van der Waals surface area (Å²) in [5.41, 5.74) is 2.74. The van der Waals surface area contributed by atoms with Crippen molar-refractivity contribution in [1.29, 1.82) is 0 Å². The van der Waals surface area contributed by atoms with Crippen LogP contribution in [0, 0.1) is 13.8 Å². The number of rotatable bonds is 6. The Morgan fingerprint density at radius 2 is 1.75 bits per heavy atom. The van der Waals surface area contributed by atoms with Crippen LogP contribution in [0.5, 0.6) is 5.88 Å². The number of aromatic amines is 1. The molecule has 0 atom stereocenters. The van der Waals surface area contributed by atoms with Gasteiger partial charge in [0.2, 0.25) is 15.7 Å². The molecule has 0 spiro atoms. The molecular formula is C26H29N5O4S. The first-order valence-corrected chi connectivity index (χ1v) is 13.7. The fourth-order valence-electron chi connectivity index (χ4n) is 4.75. The lowest BCUT2D eigenvalue weighted by atomic mass is 9.95. The highest BCUT2D eigenvalue weighted by Crippen LogP contribution is 2.32. The predicted molar refractivity (Wildman–Crippen MR) is 136 cm³/mol. The van der Waals surface area contributed by atoms with Crippen LogP contribution in [-0.4, -0.2) is 39.8 Å². The van der Waals surface area contributed by atoms with Crippen molar-refractivity contribution in [2.75, 3.05) is 6.61 Å². The molecular weight excluding hydrogens is 478 g/mol. The van der Waals surface area contributed by atoms with Crippen molar-refractivity contribution in [3.8, 4) is 17.3 Å². The van der Waals surface area contributed by atoms with Gasteiger partial charge < -0.3 is 9.72 Å². The summed E-state index contributed by atoms with van der Waals surface area (Å²) in [6, 6.07) is 9.77. The van der Waals surface area contributed by atoms with E-state index in [4.69, 9.17) is 9.72 Å². The summed E-state index contributed by atoms with van der Waals surface area (Å²) < 4.78 is 33.9. The molecule has 1 N–H and O–H groups in total. The van der Waals surface area contributed by atoms with Gasteiger partial charge in [0.25, 0.3) is 5.56 Å². The third-order valence-corrected chi connectivity index (χ3v) is 8.29. The van der Waals surface area contributed by atoms with Crippen LogP contribution in [0.15, 0.2) is 51.1 Å². The monoisotopic (exact) mass is 507 g/mol. The van der Waals surface area contributed by atoms with E-state index in [0.29, 0.717) is 22.3 Å². The Bertz CT molecular complexity index is 1580. The van der Waals surface area contributed by atoms with E-state index in [-0.39, 0.29) is 39.8 Å². The zero-order chi connectivity index (χ0) is 25.4. The normalized spacial score (nSPS) is 14.9.